The van der Waals surface area contributed by atoms with Gasteiger partial charge < -0.3 is 15.1 Å². The van der Waals surface area contributed by atoms with Crippen LogP contribution in [0.25, 0.3) is 0 Å². The molecule has 2 aromatic carbocycles. The monoisotopic (exact) mass is 341 g/mol. The molecule has 0 aliphatic carbocycles. The Morgan fingerprint density at radius 1 is 1.24 bits per heavy atom. The van der Waals surface area contributed by atoms with Crippen LogP contribution in [0.4, 0.5) is 14.9 Å². The van der Waals surface area contributed by atoms with Crippen LogP contribution < -0.4 is 10.2 Å². The predicted molar refractivity (Wildman–Crippen MR) is 93.6 cm³/mol. The Kier molecular flexibility index (Phi) is 4.97. The van der Waals surface area contributed by atoms with Crippen molar-refractivity contribution in [3.63, 3.8) is 0 Å². The molecule has 1 aliphatic rings. The largest absolute Gasteiger partial charge is 0.333 e. The van der Waals surface area contributed by atoms with E-state index in [1.54, 1.807) is 24.1 Å². The molecule has 130 valence electrons. The third-order valence-electron chi connectivity index (χ3n) is 4.18. The summed E-state index contributed by atoms with van der Waals surface area (Å²) >= 11 is 0. The van der Waals surface area contributed by atoms with Gasteiger partial charge in [-0.25, -0.2) is 9.18 Å². The molecular weight excluding hydrogens is 321 g/mol. The van der Waals surface area contributed by atoms with E-state index in [2.05, 4.69) is 5.32 Å². The fraction of sp³-hybridized carbons (Fsp3) is 0.263. The van der Waals surface area contributed by atoms with E-state index in [0.29, 0.717) is 18.8 Å². The molecule has 1 N–H and O–H groups in total. The van der Waals surface area contributed by atoms with E-state index in [9.17, 15) is 14.0 Å². The van der Waals surface area contributed by atoms with Crippen molar-refractivity contribution >= 4 is 17.6 Å². The molecular formula is C19H20FN3O2. The number of anilines is 1. The second-order valence-corrected chi connectivity index (χ2v) is 6.18. The number of hydrogen-bond donors (Lipinski definition) is 1. The van der Waals surface area contributed by atoms with Crippen LogP contribution in [0.3, 0.4) is 0 Å². The summed E-state index contributed by atoms with van der Waals surface area (Å²) in [6.07, 6.45) is 0.210. The molecule has 1 atom stereocenters. The van der Waals surface area contributed by atoms with E-state index < -0.39 is 0 Å². The van der Waals surface area contributed by atoms with Gasteiger partial charge in [-0.2, -0.15) is 0 Å². The Bertz CT molecular complexity index is 766. The van der Waals surface area contributed by atoms with Crippen LogP contribution in [0.15, 0.2) is 54.6 Å². The van der Waals surface area contributed by atoms with Crippen molar-refractivity contribution in [3.8, 4) is 0 Å². The lowest BCUT2D eigenvalue weighted by Crippen LogP contribution is -2.43. The molecule has 5 nitrogen and oxygen atoms in total. The molecule has 1 aliphatic heterocycles. The highest BCUT2D eigenvalue weighted by Crippen LogP contribution is 2.22. The Hall–Kier alpha value is -2.89. The standard InChI is InChI=1S/C19H20FN3O2/c1-22(12-14-6-3-2-4-7-14)19(25)21-16-11-18(24)23(13-16)17-9-5-8-15(20)10-17/h2-10,16H,11-13H2,1H3,(H,21,25). The second kappa shape index (κ2) is 7.34. The minimum absolute atomic E-state index is 0.124. The van der Waals surface area contributed by atoms with Crippen LogP contribution in [0.1, 0.15) is 12.0 Å². The van der Waals surface area contributed by atoms with Gasteiger partial charge in [-0.1, -0.05) is 36.4 Å². The average molecular weight is 341 g/mol. The summed E-state index contributed by atoms with van der Waals surface area (Å²) in [5.74, 6) is -0.512. The van der Waals surface area contributed by atoms with Crippen LogP contribution in [-0.4, -0.2) is 36.5 Å². The van der Waals surface area contributed by atoms with Gasteiger partial charge in [0.2, 0.25) is 5.91 Å². The molecule has 0 aromatic heterocycles. The molecule has 0 saturated carbocycles. The fourth-order valence-corrected chi connectivity index (χ4v) is 2.91. The second-order valence-electron chi connectivity index (χ2n) is 6.18. The molecule has 25 heavy (non-hydrogen) atoms. The number of halogens is 1. The number of amides is 3. The fourth-order valence-electron chi connectivity index (χ4n) is 2.91. The lowest BCUT2D eigenvalue weighted by atomic mass is 10.2. The van der Waals surface area contributed by atoms with Crippen molar-refractivity contribution in [2.75, 3.05) is 18.5 Å². The summed E-state index contributed by atoms with van der Waals surface area (Å²) in [5, 5.41) is 2.87. The van der Waals surface area contributed by atoms with E-state index >= 15 is 0 Å². The number of carbonyl (C=O) groups excluding carboxylic acids is 2. The lowest BCUT2D eigenvalue weighted by molar-refractivity contribution is -0.117. The topological polar surface area (TPSA) is 52.7 Å². The van der Waals surface area contributed by atoms with E-state index in [1.807, 2.05) is 30.3 Å². The molecule has 3 amide bonds. The molecule has 3 rings (SSSR count). The third kappa shape index (κ3) is 4.15. The Morgan fingerprint density at radius 2 is 2.00 bits per heavy atom. The first-order valence-electron chi connectivity index (χ1n) is 8.14. The maximum Gasteiger partial charge on any atom is 0.317 e. The Labute approximate surface area is 146 Å². The SMILES string of the molecule is CN(Cc1ccccc1)C(=O)NC1CC(=O)N(c2cccc(F)c2)C1. The van der Waals surface area contributed by atoms with E-state index in [1.165, 1.54) is 17.0 Å². The molecule has 1 fully saturated rings. The van der Waals surface area contributed by atoms with E-state index in [-0.39, 0.29) is 30.2 Å². The predicted octanol–water partition coefficient (Wildman–Crippen LogP) is 2.77. The van der Waals surface area contributed by atoms with Gasteiger partial charge >= 0.3 is 6.03 Å². The molecule has 0 bridgehead atoms. The molecule has 2 aromatic rings. The maximum atomic E-state index is 13.4. The lowest BCUT2D eigenvalue weighted by Gasteiger charge is -2.21. The molecule has 1 saturated heterocycles. The summed E-state index contributed by atoms with van der Waals surface area (Å²) in [5.41, 5.74) is 1.54. The zero-order valence-electron chi connectivity index (χ0n) is 14.0. The third-order valence-corrected chi connectivity index (χ3v) is 4.18. The van der Waals surface area contributed by atoms with Gasteiger partial charge in [0.1, 0.15) is 5.82 Å². The number of hydrogen-bond acceptors (Lipinski definition) is 2. The van der Waals surface area contributed by atoms with Crippen molar-refractivity contribution in [2.45, 2.75) is 19.0 Å². The highest BCUT2D eigenvalue weighted by atomic mass is 19.1. The summed E-state index contributed by atoms with van der Waals surface area (Å²) in [4.78, 5) is 27.6. The number of urea groups is 1. The van der Waals surface area contributed by atoms with Gasteiger partial charge in [0.25, 0.3) is 0 Å². The van der Waals surface area contributed by atoms with Crippen molar-refractivity contribution in [1.29, 1.82) is 0 Å². The normalized spacial score (nSPS) is 16.8. The molecule has 1 heterocycles. The smallest absolute Gasteiger partial charge is 0.317 e. The Balaban J connectivity index is 1.58. The summed E-state index contributed by atoms with van der Waals surface area (Å²) in [6.45, 7) is 0.828. The van der Waals surface area contributed by atoms with Crippen LogP contribution in [0.5, 0.6) is 0 Å². The maximum absolute atomic E-state index is 13.4. The Morgan fingerprint density at radius 3 is 2.72 bits per heavy atom. The minimum atomic E-state index is -0.389. The highest BCUT2D eigenvalue weighted by Gasteiger charge is 2.32. The van der Waals surface area contributed by atoms with Crippen molar-refractivity contribution in [2.24, 2.45) is 0 Å². The van der Waals surface area contributed by atoms with Crippen LogP contribution >= 0.6 is 0 Å². The molecule has 1 unspecified atom stereocenters. The van der Waals surface area contributed by atoms with Gasteiger partial charge in [-0.15, -0.1) is 0 Å². The van der Waals surface area contributed by atoms with Gasteiger partial charge in [0.15, 0.2) is 0 Å². The average Bonchev–Trinajstić information content (AvgIpc) is 2.96. The van der Waals surface area contributed by atoms with E-state index in [4.69, 9.17) is 0 Å². The number of benzene rings is 2. The number of nitrogens with zero attached hydrogens (tertiary/aromatic N) is 2. The highest BCUT2D eigenvalue weighted by molar-refractivity contribution is 5.96. The number of nitrogens with one attached hydrogen (secondary N) is 1. The zero-order valence-corrected chi connectivity index (χ0v) is 14.0. The van der Waals surface area contributed by atoms with Crippen molar-refractivity contribution in [1.82, 2.24) is 10.2 Å². The first kappa shape index (κ1) is 17.0. The van der Waals surface area contributed by atoms with Gasteiger partial charge in [0, 0.05) is 32.2 Å². The van der Waals surface area contributed by atoms with Gasteiger partial charge in [-0.3, -0.25) is 4.79 Å². The minimum Gasteiger partial charge on any atom is -0.333 e. The molecule has 0 spiro atoms. The zero-order chi connectivity index (χ0) is 17.8. The van der Waals surface area contributed by atoms with Gasteiger partial charge in [-0.05, 0) is 23.8 Å². The van der Waals surface area contributed by atoms with Crippen LogP contribution in [0, 0.1) is 5.82 Å². The van der Waals surface area contributed by atoms with Crippen molar-refractivity contribution < 1.29 is 14.0 Å². The first-order valence-corrected chi connectivity index (χ1v) is 8.14. The molecule has 6 heteroatoms. The quantitative estimate of drug-likeness (QED) is 0.930. The molecule has 0 radical (unpaired) electrons. The summed E-state index contributed by atoms with van der Waals surface area (Å²) < 4.78 is 13.4. The number of rotatable bonds is 4. The van der Waals surface area contributed by atoms with Crippen molar-refractivity contribution in [3.05, 3.63) is 66.0 Å². The van der Waals surface area contributed by atoms with Gasteiger partial charge in [0.05, 0.1) is 6.04 Å². The number of carbonyl (C=O) groups is 2. The first-order chi connectivity index (χ1) is 12.0. The van der Waals surface area contributed by atoms with E-state index in [0.717, 1.165) is 5.56 Å². The summed E-state index contributed by atoms with van der Waals surface area (Å²) in [6, 6.07) is 15.1. The van der Waals surface area contributed by atoms with Crippen LogP contribution in [-0.2, 0) is 11.3 Å². The summed E-state index contributed by atoms with van der Waals surface area (Å²) in [7, 11) is 1.71. The van der Waals surface area contributed by atoms with Crippen LogP contribution in [0.2, 0.25) is 0 Å².